The standard InChI is InChI=1S/C14H28ClN/c1-2-3-4-5-6-7-8-9-11-16-12-10-14(15)13-16/h14H,2-13H2,1H3. The molecule has 2 heteroatoms. The molecule has 0 bridgehead atoms. The van der Waals surface area contributed by atoms with Crippen molar-refractivity contribution >= 4 is 11.6 Å². The summed E-state index contributed by atoms with van der Waals surface area (Å²) < 4.78 is 0. The van der Waals surface area contributed by atoms with Gasteiger partial charge in [-0.25, -0.2) is 0 Å². The molecule has 0 saturated carbocycles. The molecule has 1 aliphatic heterocycles. The Morgan fingerprint density at radius 2 is 1.62 bits per heavy atom. The van der Waals surface area contributed by atoms with E-state index in [9.17, 15) is 0 Å². The minimum atomic E-state index is 0.425. The third-order valence-corrected chi connectivity index (χ3v) is 3.90. The zero-order chi connectivity index (χ0) is 11.6. The molecule has 1 saturated heterocycles. The Labute approximate surface area is 107 Å². The summed E-state index contributed by atoms with van der Waals surface area (Å²) in [5, 5.41) is 0.425. The van der Waals surface area contributed by atoms with Gasteiger partial charge in [0.05, 0.1) is 0 Å². The average molecular weight is 246 g/mol. The first-order valence-electron chi connectivity index (χ1n) is 7.19. The summed E-state index contributed by atoms with van der Waals surface area (Å²) in [6.45, 7) is 5.90. The van der Waals surface area contributed by atoms with Gasteiger partial charge in [0, 0.05) is 11.9 Å². The Bertz CT molecular complexity index is 161. The maximum Gasteiger partial charge on any atom is 0.0475 e. The number of nitrogens with zero attached hydrogens (tertiary/aromatic N) is 1. The molecule has 1 aliphatic rings. The largest absolute Gasteiger partial charge is 0.302 e. The van der Waals surface area contributed by atoms with Gasteiger partial charge in [-0.2, -0.15) is 0 Å². The number of hydrogen-bond donors (Lipinski definition) is 0. The van der Waals surface area contributed by atoms with Crippen molar-refractivity contribution in [1.29, 1.82) is 0 Å². The van der Waals surface area contributed by atoms with Gasteiger partial charge >= 0.3 is 0 Å². The van der Waals surface area contributed by atoms with Crippen LogP contribution in [0.1, 0.15) is 64.7 Å². The Morgan fingerprint density at radius 3 is 2.19 bits per heavy atom. The lowest BCUT2D eigenvalue weighted by Crippen LogP contribution is -2.21. The van der Waals surface area contributed by atoms with Crippen LogP contribution in [0.5, 0.6) is 0 Å². The second-order valence-electron chi connectivity index (χ2n) is 5.16. The van der Waals surface area contributed by atoms with Crippen LogP contribution in [0, 0.1) is 0 Å². The van der Waals surface area contributed by atoms with Crippen LogP contribution in [-0.4, -0.2) is 29.9 Å². The van der Waals surface area contributed by atoms with E-state index in [4.69, 9.17) is 11.6 Å². The fraction of sp³-hybridized carbons (Fsp3) is 1.00. The first kappa shape index (κ1) is 14.3. The first-order chi connectivity index (χ1) is 7.83. The summed E-state index contributed by atoms with van der Waals surface area (Å²) in [5.41, 5.74) is 0. The van der Waals surface area contributed by atoms with Crippen LogP contribution >= 0.6 is 11.6 Å². The van der Waals surface area contributed by atoms with E-state index in [-0.39, 0.29) is 0 Å². The minimum Gasteiger partial charge on any atom is -0.302 e. The van der Waals surface area contributed by atoms with Crippen LogP contribution in [0.15, 0.2) is 0 Å². The molecule has 96 valence electrons. The van der Waals surface area contributed by atoms with Gasteiger partial charge in [0.15, 0.2) is 0 Å². The molecule has 1 rings (SSSR count). The van der Waals surface area contributed by atoms with E-state index in [1.807, 2.05) is 0 Å². The van der Waals surface area contributed by atoms with Crippen LogP contribution in [0.4, 0.5) is 0 Å². The van der Waals surface area contributed by atoms with Crippen LogP contribution < -0.4 is 0 Å². The molecule has 0 amide bonds. The second kappa shape index (κ2) is 9.30. The van der Waals surface area contributed by atoms with Gasteiger partial charge in [-0.05, 0) is 25.9 Å². The van der Waals surface area contributed by atoms with Gasteiger partial charge in [0.1, 0.15) is 0 Å². The van der Waals surface area contributed by atoms with E-state index in [0.29, 0.717) is 5.38 Å². The summed E-state index contributed by atoms with van der Waals surface area (Å²) >= 11 is 6.08. The highest BCUT2D eigenvalue weighted by Crippen LogP contribution is 2.15. The molecule has 0 spiro atoms. The number of halogens is 1. The average Bonchev–Trinajstić information content (AvgIpc) is 2.68. The highest BCUT2D eigenvalue weighted by atomic mass is 35.5. The Hall–Kier alpha value is 0.250. The molecular weight excluding hydrogens is 218 g/mol. The highest BCUT2D eigenvalue weighted by Gasteiger charge is 2.18. The van der Waals surface area contributed by atoms with Crippen molar-refractivity contribution in [3.63, 3.8) is 0 Å². The SMILES string of the molecule is CCCCCCCCCCN1CCC(Cl)C1. The number of unbranched alkanes of at least 4 members (excludes halogenated alkanes) is 7. The third-order valence-electron chi connectivity index (χ3n) is 3.54. The fourth-order valence-electron chi connectivity index (χ4n) is 2.46. The lowest BCUT2D eigenvalue weighted by atomic mass is 10.1. The molecule has 0 aromatic rings. The molecule has 1 fully saturated rings. The maximum atomic E-state index is 6.08. The van der Waals surface area contributed by atoms with Crippen molar-refractivity contribution in [2.45, 2.75) is 70.1 Å². The lowest BCUT2D eigenvalue weighted by Gasteiger charge is -2.14. The quantitative estimate of drug-likeness (QED) is 0.429. The van der Waals surface area contributed by atoms with Crippen LogP contribution in [-0.2, 0) is 0 Å². The Morgan fingerprint density at radius 1 is 1.00 bits per heavy atom. The van der Waals surface area contributed by atoms with Crippen molar-refractivity contribution in [1.82, 2.24) is 4.90 Å². The van der Waals surface area contributed by atoms with E-state index in [0.717, 1.165) is 6.54 Å². The number of alkyl halides is 1. The van der Waals surface area contributed by atoms with E-state index in [2.05, 4.69) is 11.8 Å². The molecule has 16 heavy (non-hydrogen) atoms. The number of rotatable bonds is 9. The molecule has 1 atom stereocenters. The predicted molar refractivity (Wildman–Crippen MR) is 73.3 cm³/mol. The number of hydrogen-bond acceptors (Lipinski definition) is 1. The van der Waals surface area contributed by atoms with Crippen molar-refractivity contribution in [2.75, 3.05) is 19.6 Å². The van der Waals surface area contributed by atoms with Crippen LogP contribution in [0.3, 0.4) is 0 Å². The van der Waals surface area contributed by atoms with Gasteiger partial charge in [-0.15, -0.1) is 11.6 Å². The molecule has 0 radical (unpaired) electrons. The molecule has 0 aliphatic carbocycles. The summed E-state index contributed by atoms with van der Waals surface area (Å²) in [6.07, 6.45) is 12.5. The maximum absolute atomic E-state index is 6.08. The van der Waals surface area contributed by atoms with E-state index < -0.39 is 0 Å². The summed E-state index contributed by atoms with van der Waals surface area (Å²) in [6, 6.07) is 0. The van der Waals surface area contributed by atoms with Gasteiger partial charge in [0.2, 0.25) is 0 Å². The zero-order valence-corrected chi connectivity index (χ0v) is 11.6. The van der Waals surface area contributed by atoms with Gasteiger partial charge < -0.3 is 4.90 Å². The smallest absolute Gasteiger partial charge is 0.0475 e. The van der Waals surface area contributed by atoms with Crippen molar-refractivity contribution in [3.8, 4) is 0 Å². The van der Waals surface area contributed by atoms with E-state index in [1.54, 1.807) is 0 Å². The predicted octanol–water partition coefficient (Wildman–Crippen LogP) is 4.44. The van der Waals surface area contributed by atoms with E-state index in [1.165, 1.54) is 70.9 Å². The van der Waals surface area contributed by atoms with Crippen molar-refractivity contribution < 1.29 is 0 Å². The molecule has 0 N–H and O–H groups in total. The minimum absolute atomic E-state index is 0.425. The van der Waals surface area contributed by atoms with E-state index >= 15 is 0 Å². The fourth-order valence-corrected chi connectivity index (χ4v) is 2.75. The molecule has 1 unspecified atom stereocenters. The van der Waals surface area contributed by atoms with Crippen molar-refractivity contribution in [3.05, 3.63) is 0 Å². The molecule has 1 nitrogen and oxygen atoms in total. The van der Waals surface area contributed by atoms with Crippen LogP contribution in [0.25, 0.3) is 0 Å². The topological polar surface area (TPSA) is 3.24 Å². The van der Waals surface area contributed by atoms with Gasteiger partial charge in [-0.1, -0.05) is 51.9 Å². The molecular formula is C14H28ClN. The van der Waals surface area contributed by atoms with Gasteiger partial charge in [-0.3, -0.25) is 0 Å². The molecule has 0 aromatic heterocycles. The summed E-state index contributed by atoms with van der Waals surface area (Å²) in [7, 11) is 0. The third kappa shape index (κ3) is 6.75. The highest BCUT2D eigenvalue weighted by molar-refractivity contribution is 6.20. The monoisotopic (exact) mass is 245 g/mol. The molecule has 0 aromatic carbocycles. The Kier molecular flexibility index (Phi) is 8.32. The van der Waals surface area contributed by atoms with Gasteiger partial charge in [0.25, 0.3) is 0 Å². The normalized spacial score (nSPS) is 21.8. The first-order valence-corrected chi connectivity index (χ1v) is 7.63. The van der Waals surface area contributed by atoms with Crippen LogP contribution in [0.2, 0.25) is 0 Å². The lowest BCUT2D eigenvalue weighted by molar-refractivity contribution is 0.328. The zero-order valence-electron chi connectivity index (χ0n) is 10.9. The number of likely N-dealkylation sites (tertiary alicyclic amines) is 1. The molecule has 1 heterocycles. The van der Waals surface area contributed by atoms with Crippen molar-refractivity contribution in [2.24, 2.45) is 0 Å². The summed E-state index contributed by atoms with van der Waals surface area (Å²) in [5.74, 6) is 0. The second-order valence-corrected chi connectivity index (χ2v) is 5.78. The summed E-state index contributed by atoms with van der Waals surface area (Å²) in [4.78, 5) is 2.52. The Balaban J connectivity index is 1.78.